The summed E-state index contributed by atoms with van der Waals surface area (Å²) in [6.07, 6.45) is 0. The summed E-state index contributed by atoms with van der Waals surface area (Å²) >= 11 is 0. The summed E-state index contributed by atoms with van der Waals surface area (Å²) in [6.45, 7) is 6.89. The first kappa shape index (κ1) is 16.3. The lowest BCUT2D eigenvalue weighted by Crippen LogP contribution is -2.51. The molecule has 0 spiro atoms. The molecule has 118 valence electrons. The van der Waals surface area contributed by atoms with Crippen LogP contribution in [0.2, 0.25) is 0 Å². The molecule has 21 heavy (non-hydrogen) atoms. The molecular weight excluding hydrogens is 286 g/mol. The number of nitrogens with zero attached hydrogens (tertiary/aromatic N) is 3. The van der Waals surface area contributed by atoms with Crippen LogP contribution >= 0.6 is 0 Å². The first-order valence-electron chi connectivity index (χ1n) is 7.35. The maximum absolute atomic E-state index is 12.1. The van der Waals surface area contributed by atoms with E-state index in [4.69, 9.17) is 0 Å². The molecule has 1 aliphatic rings. The normalized spacial score (nSPS) is 17.7. The van der Waals surface area contributed by atoms with Crippen LogP contribution in [0.3, 0.4) is 0 Å². The van der Waals surface area contributed by atoms with Crippen LogP contribution in [0.4, 0.5) is 5.69 Å². The van der Waals surface area contributed by atoms with Crippen molar-refractivity contribution >= 4 is 15.9 Å². The highest BCUT2D eigenvalue weighted by Gasteiger charge is 2.28. The van der Waals surface area contributed by atoms with Gasteiger partial charge in [-0.15, -0.1) is 0 Å². The highest BCUT2D eigenvalue weighted by atomic mass is 32.2. The van der Waals surface area contributed by atoms with Crippen molar-refractivity contribution in [1.82, 2.24) is 8.61 Å². The number of anilines is 1. The minimum absolute atomic E-state index is 0.529. The Kier molecular flexibility index (Phi) is 4.91. The molecule has 0 bridgehead atoms. The van der Waals surface area contributed by atoms with Crippen molar-refractivity contribution in [3.63, 3.8) is 0 Å². The van der Waals surface area contributed by atoms with E-state index < -0.39 is 10.2 Å². The van der Waals surface area contributed by atoms with Gasteiger partial charge in [0.1, 0.15) is 0 Å². The Hall–Kier alpha value is -1.11. The van der Waals surface area contributed by atoms with E-state index in [1.807, 2.05) is 0 Å². The van der Waals surface area contributed by atoms with Crippen molar-refractivity contribution in [2.24, 2.45) is 0 Å². The molecule has 0 saturated carbocycles. The summed E-state index contributed by atoms with van der Waals surface area (Å²) in [6, 6.07) is 8.57. The molecule has 0 radical (unpaired) electrons. The number of benzene rings is 1. The number of piperazine rings is 1. The monoisotopic (exact) mass is 311 g/mol. The van der Waals surface area contributed by atoms with Gasteiger partial charge in [-0.1, -0.05) is 26.0 Å². The molecule has 1 saturated heterocycles. The van der Waals surface area contributed by atoms with Crippen LogP contribution in [0.1, 0.15) is 25.3 Å². The summed E-state index contributed by atoms with van der Waals surface area (Å²) in [7, 11) is -0.132. The average Bonchev–Trinajstić information content (AvgIpc) is 2.47. The summed E-state index contributed by atoms with van der Waals surface area (Å²) < 4.78 is 27.0. The number of rotatable bonds is 4. The largest absolute Gasteiger partial charge is 0.369 e. The molecular formula is C15H25N3O2S. The Labute approximate surface area is 128 Å². The molecule has 0 amide bonds. The highest BCUT2D eigenvalue weighted by Crippen LogP contribution is 2.22. The van der Waals surface area contributed by atoms with Crippen molar-refractivity contribution in [1.29, 1.82) is 0 Å². The molecule has 1 aromatic carbocycles. The molecule has 1 fully saturated rings. The number of hydrogen-bond donors (Lipinski definition) is 0. The van der Waals surface area contributed by atoms with Crippen LogP contribution in [-0.2, 0) is 10.2 Å². The van der Waals surface area contributed by atoms with Crippen LogP contribution in [0.5, 0.6) is 0 Å². The van der Waals surface area contributed by atoms with E-state index in [-0.39, 0.29) is 0 Å². The van der Waals surface area contributed by atoms with Gasteiger partial charge in [0.25, 0.3) is 10.2 Å². The minimum atomic E-state index is -3.28. The van der Waals surface area contributed by atoms with Gasteiger partial charge in [-0.25, -0.2) is 0 Å². The molecule has 2 rings (SSSR count). The number of hydrogen-bond acceptors (Lipinski definition) is 3. The second-order valence-corrected chi connectivity index (χ2v) is 8.06. The Bertz CT molecular complexity index is 559. The lowest BCUT2D eigenvalue weighted by Gasteiger charge is -2.36. The SMILES string of the molecule is CC(C)c1ccc(N2CCN(S(=O)(=O)N(C)C)CC2)cc1. The predicted octanol–water partition coefficient (Wildman–Crippen LogP) is 1.74. The zero-order valence-corrected chi connectivity index (χ0v) is 14.1. The second-order valence-electron chi connectivity index (χ2n) is 5.92. The fourth-order valence-corrected chi connectivity index (χ4v) is 3.56. The third-order valence-electron chi connectivity index (χ3n) is 3.95. The van der Waals surface area contributed by atoms with Gasteiger partial charge in [-0.2, -0.15) is 17.0 Å². The standard InChI is InChI=1S/C15H25N3O2S/c1-13(2)14-5-7-15(8-6-14)17-9-11-18(12-10-17)21(19,20)16(3)4/h5-8,13H,9-12H2,1-4H3. The van der Waals surface area contributed by atoms with Gasteiger partial charge < -0.3 is 4.90 Å². The zero-order valence-electron chi connectivity index (χ0n) is 13.3. The smallest absolute Gasteiger partial charge is 0.281 e. The van der Waals surface area contributed by atoms with Crippen molar-refractivity contribution < 1.29 is 8.42 Å². The van der Waals surface area contributed by atoms with E-state index >= 15 is 0 Å². The van der Waals surface area contributed by atoms with Crippen molar-refractivity contribution in [3.8, 4) is 0 Å². The minimum Gasteiger partial charge on any atom is -0.369 e. The van der Waals surface area contributed by atoms with Gasteiger partial charge >= 0.3 is 0 Å². The van der Waals surface area contributed by atoms with Crippen LogP contribution in [-0.4, -0.2) is 57.3 Å². The Morgan fingerprint density at radius 1 is 1.00 bits per heavy atom. The van der Waals surface area contributed by atoms with E-state index in [1.54, 1.807) is 18.4 Å². The van der Waals surface area contributed by atoms with E-state index in [2.05, 4.69) is 43.0 Å². The Balaban J connectivity index is 2.01. The van der Waals surface area contributed by atoms with Crippen molar-refractivity contribution in [2.75, 3.05) is 45.2 Å². The molecule has 1 aliphatic heterocycles. The first-order chi connectivity index (χ1) is 9.82. The fraction of sp³-hybridized carbons (Fsp3) is 0.600. The highest BCUT2D eigenvalue weighted by molar-refractivity contribution is 7.86. The molecule has 0 aliphatic carbocycles. The lowest BCUT2D eigenvalue weighted by atomic mass is 10.0. The van der Waals surface area contributed by atoms with Crippen LogP contribution in [0, 0.1) is 0 Å². The van der Waals surface area contributed by atoms with Crippen molar-refractivity contribution in [3.05, 3.63) is 29.8 Å². The maximum atomic E-state index is 12.1. The van der Waals surface area contributed by atoms with E-state index in [0.29, 0.717) is 19.0 Å². The first-order valence-corrected chi connectivity index (χ1v) is 8.74. The summed E-state index contributed by atoms with van der Waals surface area (Å²) in [5.74, 6) is 0.529. The van der Waals surface area contributed by atoms with E-state index in [1.165, 1.54) is 15.6 Å². The third-order valence-corrected chi connectivity index (χ3v) is 5.89. The molecule has 6 heteroatoms. The van der Waals surface area contributed by atoms with Gasteiger partial charge in [0.05, 0.1) is 0 Å². The van der Waals surface area contributed by atoms with Crippen LogP contribution < -0.4 is 4.90 Å². The molecule has 0 N–H and O–H groups in total. The fourth-order valence-electron chi connectivity index (χ4n) is 2.48. The second kappa shape index (κ2) is 6.34. The molecule has 0 atom stereocenters. The van der Waals surface area contributed by atoms with Crippen LogP contribution in [0.15, 0.2) is 24.3 Å². The topological polar surface area (TPSA) is 43.9 Å². The van der Waals surface area contributed by atoms with E-state index in [0.717, 1.165) is 13.1 Å². The molecule has 1 heterocycles. The molecule has 0 aromatic heterocycles. The van der Waals surface area contributed by atoms with Crippen molar-refractivity contribution in [2.45, 2.75) is 19.8 Å². The van der Waals surface area contributed by atoms with Gasteiger partial charge in [-0.05, 0) is 23.6 Å². The Morgan fingerprint density at radius 3 is 1.95 bits per heavy atom. The molecule has 5 nitrogen and oxygen atoms in total. The van der Waals surface area contributed by atoms with Gasteiger partial charge in [0.2, 0.25) is 0 Å². The summed E-state index contributed by atoms with van der Waals surface area (Å²) in [5, 5.41) is 0. The van der Waals surface area contributed by atoms with Gasteiger partial charge in [0.15, 0.2) is 0 Å². The third kappa shape index (κ3) is 3.56. The zero-order chi connectivity index (χ0) is 15.6. The summed E-state index contributed by atoms with van der Waals surface area (Å²) in [4.78, 5) is 2.24. The molecule has 0 unspecified atom stereocenters. The predicted molar refractivity (Wildman–Crippen MR) is 86.9 cm³/mol. The maximum Gasteiger partial charge on any atom is 0.281 e. The quantitative estimate of drug-likeness (QED) is 0.851. The summed E-state index contributed by atoms with van der Waals surface area (Å²) in [5.41, 5.74) is 2.49. The van der Waals surface area contributed by atoms with Gasteiger partial charge in [-0.3, -0.25) is 0 Å². The van der Waals surface area contributed by atoms with E-state index in [9.17, 15) is 8.42 Å². The molecule has 1 aromatic rings. The Morgan fingerprint density at radius 2 is 1.52 bits per heavy atom. The lowest BCUT2D eigenvalue weighted by molar-refractivity contribution is 0.355. The van der Waals surface area contributed by atoms with Gasteiger partial charge in [0, 0.05) is 46.0 Å². The van der Waals surface area contributed by atoms with Crippen LogP contribution in [0.25, 0.3) is 0 Å². The average molecular weight is 311 g/mol.